The highest BCUT2D eigenvalue weighted by Crippen LogP contribution is 2.29. The van der Waals surface area contributed by atoms with Crippen molar-refractivity contribution in [2.45, 2.75) is 19.3 Å². The first-order valence-electron chi connectivity index (χ1n) is 6.81. The van der Waals surface area contributed by atoms with E-state index in [1.54, 1.807) is 0 Å². The van der Waals surface area contributed by atoms with Crippen molar-refractivity contribution in [3.05, 3.63) is 35.8 Å². The molecule has 19 heavy (non-hydrogen) atoms. The van der Waals surface area contributed by atoms with Gasteiger partial charge in [-0.1, -0.05) is 0 Å². The molecule has 0 unspecified atom stereocenters. The van der Waals surface area contributed by atoms with Crippen LogP contribution in [0, 0.1) is 0 Å². The molecule has 0 fully saturated rings. The van der Waals surface area contributed by atoms with E-state index in [0.717, 1.165) is 49.7 Å². The Hall–Kier alpha value is -1.81. The number of benzene rings is 1. The van der Waals surface area contributed by atoms with Gasteiger partial charge in [-0.3, -0.25) is 0 Å². The third kappa shape index (κ3) is 2.63. The minimum Gasteiger partial charge on any atom is -0.493 e. The molecule has 4 heteroatoms. The van der Waals surface area contributed by atoms with Gasteiger partial charge in [0, 0.05) is 18.4 Å². The lowest BCUT2D eigenvalue weighted by Gasteiger charge is -2.02. The van der Waals surface area contributed by atoms with Crippen LogP contribution in [-0.4, -0.2) is 30.2 Å². The Bertz CT molecular complexity index is 562. The van der Waals surface area contributed by atoms with Gasteiger partial charge < -0.3 is 15.0 Å². The van der Waals surface area contributed by atoms with E-state index in [9.17, 15) is 0 Å². The molecule has 2 heterocycles. The number of rotatable bonds is 5. The summed E-state index contributed by atoms with van der Waals surface area (Å²) in [4.78, 5) is 7.84. The molecule has 0 saturated heterocycles. The van der Waals surface area contributed by atoms with Crippen LogP contribution < -0.4 is 10.1 Å². The highest BCUT2D eigenvalue weighted by atomic mass is 16.5. The molecule has 3 rings (SSSR count). The van der Waals surface area contributed by atoms with Crippen LogP contribution in [0.4, 0.5) is 0 Å². The fourth-order valence-electron chi connectivity index (χ4n) is 2.42. The molecule has 0 amide bonds. The molecular formula is C15H19N3O. The van der Waals surface area contributed by atoms with Crippen LogP contribution in [0.25, 0.3) is 11.3 Å². The number of H-pyrrole nitrogens is 1. The zero-order chi connectivity index (χ0) is 13.1. The van der Waals surface area contributed by atoms with Crippen molar-refractivity contribution in [2.75, 3.05) is 20.2 Å². The topological polar surface area (TPSA) is 49.9 Å². The van der Waals surface area contributed by atoms with Crippen LogP contribution in [0.1, 0.15) is 17.8 Å². The lowest BCUT2D eigenvalue weighted by molar-refractivity contribution is 0.357. The summed E-state index contributed by atoms with van der Waals surface area (Å²) in [5.41, 5.74) is 3.58. The molecule has 100 valence electrons. The van der Waals surface area contributed by atoms with Crippen LogP contribution >= 0.6 is 0 Å². The highest BCUT2D eigenvalue weighted by molar-refractivity contribution is 5.62. The maximum atomic E-state index is 5.53. The van der Waals surface area contributed by atoms with Gasteiger partial charge >= 0.3 is 0 Å². The molecule has 2 N–H and O–H groups in total. The highest BCUT2D eigenvalue weighted by Gasteiger charge is 2.13. The van der Waals surface area contributed by atoms with Crippen molar-refractivity contribution in [3.8, 4) is 17.0 Å². The summed E-state index contributed by atoms with van der Waals surface area (Å²) in [7, 11) is 1.97. The van der Waals surface area contributed by atoms with Crippen LogP contribution in [0.15, 0.2) is 24.4 Å². The summed E-state index contributed by atoms with van der Waals surface area (Å²) < 4.78 is 5.53. The van der Waals surface area contributed by atoms with Crippen molar-refractivity contribution in [2.24, 2.45) is 0 Å². The molecule has 0 spiro atoms. The Labute approximate surface area is 113 Å². The van der Waals surface area contributed by atoms with E-state index < -0.39 is 0 Å². The molecule has 2 aromatic rings. The molecule has 1 aliphatic heterocycles. The van der Waals surface area contributed by atoms with E-state index >= 15 is 0 Å². The van der Waals surface area contributed by atoms with Crippen LogP contribution in [0.5, 0.6) is 5.75 Å². The number of aromatic amines is 1. The van der Waals surface area contributed by atoms with Gasteiger partial charge in [0.2, 0.25) is 0 Å². The molecule has 1 aliphatic rings. The standard InChI is InChI=1S/C15H19N3O/c1-16-7-2-3-15-17-10-13(18-15)11-4-5-14-12(9-11)6-8-19-14/h4-5,9-10,16H,2-3,6-8H2,1H3,(H,17,18). The third-order valence-corrected chi connectivity index (χ3v) is 3.47. The van der Waals surface area contributed by atoms with Gasteiger partial charge in [0.25, 0.3) is 0 Å². The van der Waals surface area contributed by atoms with Crippen LogP contribution in [0.2, 0.25) is 0 Å². The lowest BCUT2D eigenvalue weighted by Crippen LogP contribution is -2.08. The van der Waals surface area contributed by atoms with Gasteiger partial charge in [0.05, 0.1) is 18.5 Å². The first-order chi connectivity index (χ1) is 9.36. The van der Waals surface area contributed by atoms with Crippen molar-refractivity contribution < 1.29 is 4.74 Å². The van der Waals surface area contributed by atoms with Crippen molar-refractivity contribution in [3.63, 3.8) is 0 Å². The maximum Gasteiger partial charge on any atom is 0.122 e. The van der Waals surface area contributed by atoms with Gasteiger partial charge in [-0.25, -0.2) is 4.98 Å². The maximum absolute atomic E-state index is 5.53. The number of hydrogen-bond acceptors (Lipinski definition) is 3. The average Bonchev–Trinajstić information content (AvgIpc) is 3.06. The smallest absolute Gasteiger partial charge is 0.122 e. The molecule has 1 aromatic heterocycles. The number of hydrogen-bond donors (Lipinski definition) is 2. The van der Waals surface area contributed by atoms with Gasteiger partial charge in [0.15, 0.2) is 0 Å². The second-order valence-electron chi connectivity index (χ2n) is 4.87. The van der Waals surface area contributed by atoms with E-state index in [1.165, 1.54) is 11.1 Å². The number of nitrogens with zero attached hydrogens (tertiary/aromatic N) is 1. The van der Waals surface area contributed by atoms with Gasteiger partial charge in [0.1, 0.15) is 11.6 Å². The summed E-state index contributed by atoms with van der Waals surface area (Å²) >= 11 is 0. The average molecular weight is 257 g/mol. The molecule has 4 nitrogen and oxygen atoms in total. The second-order valence-corrected chi connectivity index (χ2v) is 4.87. The number of aromatic nitrogens is 2. The van der Waals surface area contributed by atoms with Gasteiger partial charge in [-0.15, -0.1) is 0 Å². The van der Waals surface area contributed by atoms with Crippen molar-refractivity contribution in [1.82, 2.24) is 15.3 Å². The number of imidazole rings is 1. The normalized spacial score (nSPS) is 13.3. The molecule has 0 aliphatic carbocycles. The second kappa shape index (κ2) is 5.45. The van der Waals surface area contributed by atoms with E-state index in [2.05, 4.69) is 33.5 Å². The zero-order valence-electron chi connectivity index (χ0n) is 11.2. The first-order valence-corrected chi connectivity index (χ1v) is 6.81. The van der Waals surface area contributed by atoms with E-state index in [0.29, 0.717) is 0 Å². The summed E-state index contributed by atoms with van der Waals surface area (Å²) in [6, 6.07) is 6.35. The Morgan fingerprint density at radius 2 is 2.37 bits per heavy atom. The number of fused-ring (bicyclic) bond motifs is 1. The minimum atomic E-state index is 0.803. The first kappa shape index (κ1) is 12.2. The minimum absolute atomic E-state index is 0.803. The SMILES string of the molecule is CNCCCc1ncc(-c2ccc3c(c2)CCO3)[nH]1. The monoisotopic (exact) mass is 257 g/mol. The Kier molecular flexibility index (Phi) is 3.51. The fraction of sp³-hybridized carbons (Fsp3) is 0.400. The van der Waals surface area contributed by atoms with E-state index in [-0.39, 0.29) is 0 Å². The molecule has 0 saturated carbocycles. The molecule has 0 radical (unpaired) electrons. The molecule has 1 aromatic carbocycles. The summed E-state index contributed by atoms with van der Waals surface area (Å²) in [5, 5.41) is 3.15. The Balaban J connectivity index is 1.75. The van der Waals surface area contributed by atoms with Crippen molar-refractivity contribution in [1.29, 1.82) is 0 Å². The predicted octanol–water partition coefficient (Wildman–Crippen LogP) is 2.16. The Morgan fingerprint density at radius 1 is 1.42 bits per heavy atom. The number of nitrogens with one attached hydrogen (secondary N) is 2. The van der Waals surface area contributed by atoms with Gasteiger partial charge in [-0.05, 0) is 43.8 Å². The van der Waals surface area contributed by atoms with Gasteiger partial charge in [-0.2, -0.15) is 0 Å². The number of aryl methyl sites for hydroxylation is 1. The summed E-state index contributed by atoms with van der Waals surface area (Å²) in [6.45, 7) is 1.82. The zero-order valence-corrected chi connectivity index (χ0v) is 11.2. The molecular weight excluding hydrogens is 238 g/mol. The quantitative estimate of drug-likeness (QED) is 0.807. The van der Waals surface area contributed by atoms with Crippen molar-refractivity contribution >= 4 is 0 Å². The largest absolute Gasteiger partial charge is 0.493 e. The van der Waals surface area contributed by atoms with Crippen LogP contribution in [-0.2, 0) is 12.8 Å². The number of ether oxygens (including phenoxy) is 1. The fourth-order valence-corrected chi connectivity index (χ4v) is 2.42. The lowest BCUT2D eigenvalue weighted by atomic mass is 10.1. The summed E-state index contributed by atoms with van der Waals surface area (Å²) in [5.74, 6) is 2.08. The van der Waals surface area contributed by atoms with Crippen LogP contribution in [0.3, 0.4) is 0 Å². The Morgan fingerprint density at radius 3 is 3.26 bits per heavy atom. The van der Waals surface area contributed by atoms with E-state index in [4.69, 9.17) is 4.74 Å². The molecule has 0 atom stereocenters. The predicted molar refractivity (Wildman–Crippen MR) is 75.5 cm³/mol. The molecule has 0 bridgehead atoms. The summed E-state index contributed by atoms with van der Waals surface area (Å²) in [6.07, 6.45) is 5.01. The third-order valence-electron chi connectivity index (χ3n) is 3.47. The van der Waals surface area contributed by atoms with E-state index in [1.807, 2.05) is 13.2 Å².